The fraction of sp³-hybridized carbons (Fsp3) is 0.385. The number of nitrogens with zero attached hydrogens (tertiary/aromatic N) is 2. The van der Waals surface area contributed by atoms with Gasteiger partial charge in [0.15, 0.2) is 5.96 Å². The summed E-state index contributed by atoms with van der Waals surface area (Å²) < 4.78 is 0. The Kier molecular flexibility index (Phi) is 6.38. The highest BCUT2D eigenvalue weighted by molar-refractivity contribution is 5.99. The van der Waals surface area contributed by atoms with Crippen molar-refractivity contribution in [3.05, 3.63) is 83.4 Å². The molecule has 1 aliphatic heterocycles. The van der Waals surface area contributed by atoms with Gasteiger partial charge in [-0.1, -0.05) is 68.5 Å². The van der Waals surface area contributed by atoms with Crippen molar-refractivity contribution in [2.24, 2.45) is 16.6 Å². The van der Waals surface area contributed by atoms with Crippen LogP contribution in [0.5, 0.6) is 0 Å². The van der Waals surface area contributed by atoms with Gasteiger partial charge >= 0.3 is 0 Å². The zero-order chi connectivity index (χ0) is 23.8. The first-order chi connectivity index (χ1) is 15.7. The Hall–Kier alpha value is -3.00. The Morgan fingerprint density at radius 1 is 1.30 bits per heavy atom. The van der Waals surface area contributed by atoms with E-state index in [4.69, 9.17) is 5.73 Å². The van der Waals surface area contributed by atoms with Gasteiger partial charge < -0.3 is 15.9 Å². The van der Waals surface area contributed by atoms with Crippen molar-refractivity contribution in [3.63, 3.8) is 0 Å². The number of aliphatic imine (C=N–C) groups is 1. The first-order valence-electron chi connectivity index (χ1n) is 11.3. The molecule has 4 rings (SSSR count). The van der Waals surface area contributed by atoms with Crippen molar-refractivity contribution in [2.75, 3.05) is 0 Å². The van der Waals surface area contributed by atoms with Crippen LogP contribution in [0.25, 0.3) is 0 Å². The molecular weight excluding hydrogens is 416 g/mol. The summed E-state index contributed by atoms with van der Waals surface area (Å²) in [6.07, 6.45) is 0.899. The van der Waals surface area contributed by atoms with Crippen LogP contribution in [0.3, 0.4) is 0 Å². The second kappa shape index (κ2) is 9.09. The number of fused-ring (bicyclic) bond motifs is 1. The largest absolute Gasteiger partial charge is 0.391 e. The summed E-state index contributed by atoms with van der Waals surface area (Å²) in [6.45, 7) is 8.12. The third kappa shape index (κ3) is 4.44. The van der Waals surface area contributed by atoms with Gasteiger partial charge in [0, 0.05) is 6.42 Å². The second-order valence-electron chi connectivity index (χ2n) is 9.24. The molecule has 174 valence electrons. The molecular formula is C26H32N4O3. The van der Waals surface area contributed by atoms with Crippen LogP contribution >= 0.6 is 0 Å². The van der Waals surface area contributed by atoms with Gasteiger partial charge in [-0.3, -0.25) is 15.0 Å². The predicted molar refractivity (Wildman–Crippen MR) is 128 cm³/mol. The summed E-state index contributed by atoms with van der Waals surface area (Å²) in [5.74, 6) is 0.167. The van der Waals surface area contributed by atoms with Gasteiger partial charge in [-0.05, 0) is 28.2 Å². The van der Waals surface area contributed by atoms with Crippen LogP contribution in [-0.4, -0.2) is 38.6 Å². The lowest BCUT2D eigenvalue weighted by atomic mass is 9.82. The fourth-order valence-corrected chi connectivity index (χ4v) is 4.72. The highest BCUT2D eigenvalue weighted by Crippen LogP contribution is 2.34. The summed E-state index contributed by atoms with van der Waals surface area (Å²) in [5.41, 5.74) is 9.06. The van der Waals surface area contributed by atoms with Crippen molar-refractivity contribution in [2.45, 2.75) is 57.1 Å². The van der Waals surface area contributed by atoms with E-state index in [2.05, 4.69) is 16.9 Å². The molecule has 0 radical (unpaired) electrons. The van der Waals surface area contributed by atoms with E-state index in [0.29, 0.717) is 12.0 Å². The van der Waals surface area contributed by atoms with E-state index in [1.54, 1.807) is 6.08 Å². The predicted octanol–water partition coefficient (Wildman–Crippen LogP) is 2.55. The van der Waals surface area contributed by atoms with Gasteiger partial charge in [0.2, 0.25) is 5.91 Å². The summed E-state index contributed by atoms with van der Waals surface area (Å²) in [5, 5.41) is 24.5. The Balaban J connectivity index is 1.50. The molecule has 5 N–H and O–H groups in total. The number of aliphatic hydroxyl groups is 2. The Morgan fingerprint density at radius 2 is 2.06 bits per heavy atom. The number of rotatable bonds is 7. The maximum Gasteiger partial charge on any atom is 0.232 e. The third-order valence-corrected chi connectivity index (χ3v) is 6.84. The third-order valence-electron chi connectivity index (χ3n) is 6.84. The maximum absolute atomic E-state index is 12.9. The van der Waals surface area contributed by atoms with Crippen LogP contribution in [-0.2, 0) is 17.8 Å². The summed E-state index contributed by atoms with van der Waals surface area (Å²) >= 11 is 0. The minimum absolute atomic E-state index is 0.0975. The number of aliphatic hydroxyl groups excluding tert-OH is 2. The number of nitrogens with one attached hydrogen (secondary N) is 1. The van der Waals surface area contributed by atoms with Crippen molar-refractivity contribution < 1.29 is 15.0 Å². The monoisotopic (exact) mass is 448 g/mol. The molecule has 0 aromatic heterocycles. The van der Waals surface area contributed by atoms with Crippen LogP contribution in [0.1, 0.15) is 54.8 Å². The van der Waals surface area contributed by atoms with Crippen LogP contribution < -0.4 is 11.1 Å². The molecule has 2 aromatic rings. The summed E-state index contributed by atoms with van der Waals surface area (Å²) in [7, 11) is 0. The van der Waals surface area contributed by atoms with E-state index in [-0.39, 0.29) is 36.8 Å². The molecule has 0 fully saturated rings. The van der Waals surface area contributed by atoms with Crippen LogP contribution in [0, 0.1) is 5.92 Å². The van der Waals surface area contributed by atoms with Gasteiger partial charge in [0.25, 0.3) is 0 Å². The number of amides is 1. The van der Waals surface area contributed by atoms with Gasteiger partial charge in [0.1, 0.15) is 6.23 Å². The van der Waals surface area contributed by atoms with Crippen LogP contribution in [0.4, 0.5) is 0 Å². The lowest BCUT2D eigenvalue weighted by Gasteiger charge is -2.38. The number of hydrogen-bond donors (Lipinski definition) is 4. The Bertz CT molecular complexity index is 1080. The molecule has 2 aromatic carbocycles. The lowest BCUT2D eigenvalue weighted by Crippen LogP contribution is -2.52. The SMILES string of the molecule is C=C[C@@]1(C(C)C)CC(=O)N(Cc2cccc(C(O)N[C@@H]3c4ccccc4C[C@@H]3O)c2)C(N)=N1. The highest BCUT2D eigenvalue weighted by Gasteiger charge is 2.40. The Morgan fingerprint density at radius 3 is 2.76 bits per heavy atom. The molecule has 7 nitrogen and oxygen atoms in total. The average molecular weight is 449 g/mol. The normalized spacial score (nSPS) is 25.7. The molecule has 0 spiro atoms. The van der Waals surface area contributed by atoms with Crippen LogP contribution in [0.2, 0.25) is 0 Å². The summed E-state index contributed by atoms with van der Waals surface area (Å²) in [6, 6.07) is 14.9. The van der Waals surface area contributed by atoms with Gasteiger partial charge in [0.05, 0.1) is 30.7 Å². The molecule has 4 atom stereocenters. The van der Waals surface area contributed by atoms with E-state index in [1.165, 1.54) is 4.90 Å². The molecule has 33 heavy (non-hydrogen) atoms. The Labute approximate surface area is 194 Å². The molecule has 0 saturated carbocycles. The molecule has 1 aliphatic carbocycles. The van der Waals surface area contributed by atoms with E-state index < -0.39 is 17.9 Å². The first-order valence-corrected chi connectivity index (χ1v) is 11.3. The van der Waals surface area contributed by atoms with Gasteiger partial charge in [-0.25, -0.2) is 4.99 Å². The van der Waals surface area contributed by atoms with Crippen molar-refractivity contribution in [1.82, 2.24) is 10.2 Å². The van der Waals surface area contributed by atoms with Gasteiger partial charge in [-0.15, -0.1) is 6.58 Å². The summed E-state index contributed by atoms with van der Waals surface area (Å²) in [4.78, 5) is 19.0. The number of carbonyl (C=O) groups excluding carboxylic acids is 1. The highest BCUT2D eigenvalue weighted by atomic mass is 16.3. The van der Waals surface area contributed by atoms with Crippen molar-refractivity contribution in [3.8, 4) is 0 Å². The molecule has 0 saturated heterocycles. The van der Waals surface area contributed by atoms with Crippen LogP contribution in [0.15, 0.2) is 66.2 Å². The standard InChI is InChI=1S/C26H32N4O3/c1-4-26(16(2)3)14-22(32)30(25(27)29-26)15-17-8-7-10-19(12-17)24(33)28-23-20-11-6-5-9-18(20)13-21(23)31/h4-12,16,21,23-24,28,31,33H,1,13-15H2,2-3H3,(H2,27,29)/t21-,23+,24?,26-/m0/s1. The number of nitrogens with two attached hydrogens (primary N) is 1. The number of guanidine groups is 1. The molecule has 7 heteroatoms. The quantitative estimate of drug-likeness (QED) is 0.384. The molecule has 1 unspecified atom stereocenters. The molecule has 0 bridgehead atoms. The zero-order valence-electron chi connectivity index (χ0n) is 19.1. The maximum atomic E-state index is 12.9. The first kappa shape index (κ1) is 23.2. The lowest BCUT2D eigenvalue weighted by molar-refractivity contribution is -0.130. The molecule has 1 heterocycles. The fourth-order valence-electron chi connectivity index (χ4n) is 4.72. The van der Waals surface area contributed by atoms with Crippen molar-refractivity contribution >= 4 is 11.9 Å². The second-order valence-corrected chi connectivity index (χ2v) is 9.24. The smallest absolute Gasteiger partial charge is 0.232 e. The molecule has 2 aliphatic rings. The minimum Gasteiger partial charge on any atom is -0.391 e. The van der Waals surface area contributed by atoms with Crippen molar-refractivity contribution in [1.29, 1.82) is 0 Å². The minimum atomic E-state index is -0.979. The number of hydrogen-bond acceptors (Lipinski definition) is 6. The van der Waals surface area contributed by atoms with E-state index in [0.717, 1.165) is 16.7 Å². The van der Waals surface area contributed by atoms with E-state index in [9.17, 15) is 15.0 Å². The van der Waals surface area contributed by atoms with E-state index >= 15 is 0 Å². The average Bonchev–Trinajstić information content (AvgIpc) is 3.11. The molecule has 1 amide bonds. The van der Waals surface area contributed by atoms with E-state index in [1.807, 2.05) is 62.4 Å². The topological polar surface area (TPSA) is 111 Å². The number of benzene rings is 2. The zero-order valence-corrected chi connectivity index (χ0v) is 19.1. The van der Waals surface area contributed by atoms with Gasteiger partial charge in [-0.2, -0.15) is 0 Å². The number of carbonyl (C=O) groups is 1.